The van der Waals surface area contributed by atoms with Crippen LogP contribution >= 0.6 is 11.8 Å². The summed E-state index contributed by atoms with van der Waals surface area (Å²) in [6, 6.07) is 6.08. The zero-order valence-corrected chi connectivity index (χ0v) is 14.1. The van der Waals surface area contributed by atoms with Gasteiger partial charge in [-0.25, -0.2) is 4.79 Å². The maximum absolute atomic E-state index is 11.6. The van der Waals surface area contributed by atoms with E-state index in [1.54, 1.807) is 11.8 Å². The van der Waals surface area contributed by atoms with Crippen molar-refractivity contribution < 1.29 is 9.90 Å². The summed E-state index contributed by atoms with van der Waals surface area (Å²) >= 11 is 1.58. The Labute approximate surface area is 132 Å². The highest BCUT2D eigenvalue weighted by atomic mass is 32.2. The van der Waals surface area contributed by atoms with E-state index in [2.05, 4.69) is 19.2 Å². The van der Waals surface area contributed by atoms with Crippen LogP contribution in [0.1, 0.15) is 63.2 Å². The monoisotopic (exact) mass is 309 g/mol. The minimum Gasteiger partial charge on any atom is -0.478 e. The van der Waals surface area contributed by atoms with Crippen molar-refractivity contribution in [2.24, 2.45) is 0 Å². The topological polar surface area (TPSA) is 49.3 Å². The summed E-state index contributed by atoms with van der Waals surface area (Å²) in [6.45, 7) is 6.39. The van der Waals surface area contributed by atoms with Crippen LogP contribution in [0.5, 0.6) is 0 Å². The molecular weight excluding hydrogens is 282 g/mol. The van der Waals surface area contributed by atoms with E-state index in [1.165, 1.54) is 12.8 Å². The second kappa shape index (κ2) is 9.72. The lowest BCUT2D eigenvalue weighted by atomic mass is 10.0. The van der Waals surface area contributed by atoms with Gasteiger partial charge < -0.3 is 10.4 Å². The van der Waals surface area contributed by atoms with Crippen LogP contribution in [0.15, 0.2) is 23.1 Å². The van der Waals surface area contributed by atoms with Gasteiger partial charge in [0.2, 0.25) is 0 Å². The van der Waals surface area contributed by atoms with Gasteiger partial charge in [0.15, 0.2) is 0 Å². The average Bonchev–Trinajstić information content (AvgIpc) is 2.45. The van der Waals surface area contributed by atoms with Crippen molar-refractivity contribution in [3.8, 4) is 0 Å². The van der Waals surface area contributed by atoms with Crippen molar-refractivity contribution in [3.63, 3.8) is 0 Å². The Morgan fingerprint density at radius 2 is 2.00 bits per heavy atom. The smallest absolute Gasteiger partial charge is 0.338 e. The predicted octanol–water partition coefficient (Wildman–Crippen LogP) is 5.27. The number of carboxylic acid groups (broad SMARTS) is 1. The van der Waals surface area contributed by atoms with E-state index in [9.17, 15) is 9.90 Å². The number of thioether (sulfide) groups is 1. The minimum atomic E-state index is -0.847. The predicted molar refractivity (Wildman–Crippen MR) is 91.6 cm³/mol. The van der Waals surface area contributed by atoms with Crippen molar-refractivity contribution in [1.29, 1.82) is 0 Å². The number of hydrogen-bond acceptors (Lipinski definition) is 3. The van der Waals surface area contributed by atoms with Crippen LogP contribution in [0.4, 0.5) is 5.69 Å². The van der Waals surface area contributed by atoms with E-state index in [-0.39, 0.29) is 0 Å². The first-order chi connectivity index (χ1) is 10.1. The molecule has 0 spiro atoms. The fourth-order valence-corrected chi connectivity index (χ4v) is 3.28. The van der Waals surface area contributed by atoms with Gasteiger partial charge in [-0.1, -0.05) is 46.1 Å². The molecule has 4 heteroatoms. The van der Waals surface area contributed by atoms with Gasteiger partial charge in [0.05, 0.1) is 11.3 Å². The van der Waals surface area contributed by atoms with E-state index in [1.807, 2.05) is 25.1 Å². The van der Waals surface area contributed by atoms with Crippen LogP contribution < -0.4 is 5.32 Å². The minimum absolute atomic E-state index is 0.356. The van der Waals surface area contributed by atoms with Crippen molar-refractivity contribution in [2.45, 2.75) is 63.8 Å². The first-order valence-electron chi connectivity index (χ1n) is 7.89. The van der Waals surface area contributed by atoms with Gasteiger partial charge >= 0.3 is 5.97 Å². The van der Waals surface area contributed by atoms with Crippen LogP contribution in [0, 0.1) is 0 Å². The third-order valence-electron chi connectivity index (χ3n) is 3.44. The molecule has 0 saturated carbocycles. The number of rotatable bonds is 10. The van der Waals surface area contributed by atoms with Gasteiger partial charge in [-0.05, 0) is 30.7 Å². The van der Waals surface area contributed by atoms with Gasteiger partial charge in [-0.15, -0.1) is 11.8 Å². The molecule has 0 heterocycles. The Bertz CT molecular complexity index is 448. The molecule has 1 unspecified atom stereocenters. The summed E-state index contributed by atoms with van der Waals surface area (Å²) in [6.07, 6.45) is 5.61. The average molecular weight is 309 g/mol. The molecule has 2 N–H and O–H groups in total. The Morgan fingerprint density at radius 1 is 1.24 bits per heavy atom. The second-order valence-electron chi connectivity index (χ2n) is 5.19. The van der Waals surface area contributed by atoms with Crippen molar-refractivity contribution in [1.82, 2.24) is 0 Å². The van der Waals surface area contributed by atoms with E-state index >= 15 is 0 Å². The lowest BCUT2D eigenvalue weighted by Gasteiger charge is -2.21. The lowest BCUT2D eigenvalue weighted by Crippen LogP contribution is -2.21. The normalized spacial score (nSPS) is 12.1. The van der Waals surface area contributed by atoms with Crippen LogP contribution in [-0.2, 0) is 0 Å². The fraction of sp³-hybridized carbons (Fsp3) is 0.588. The Hall–Kier alpha value is -1.16. The van der Waals surface area contributed by atoms with E-state index in [0.717, 1.165) is 35.6 Å². The largest absolute Gasteiger partial charge is 0.478 e. The number of anilines is 1. The molecule has 3 nitrogen and oxygen atoms in total. The number of hydrogen-bond donors (Lipinski definition) is 2. The second-order valence-corrected chi connectivity index (χ2v) is 6.49. The molecule has 1 rings (SSSR count). The number of carbonyl (C=O) groups is 1. The molecule has 21 heavy (non-hydrogen) atoms. The van der Waals surface area contributed by atoms with E-state index in [4.69, 9.17) is 0 Å². The van der Waals surface area contributed by atoms with Gasteiger partial charge in [-0.3, -0.25) is 0 Å². The van der Waals surface area contributed by atoms with Crippen LogP contribution in [-0.4, -0.2) is 22.9 Å². The molecule has 118 valence electrons. The Morgan fingerprint density at radius 3 is 2.57 bits per heavy atom. The number of aromatic carboxylic acids is 1. The highest BCUT2D eigenvalue weighted by Crippen LogP contribution is 2.29. The Kier molecular flexibility index (Phi) is 8.28. The standard InChI is InChI=1S/C17H27NO2S/c1-4-7-10-13(9-5-2)18-14-11-8-12-15(21-6-3)16(14)17(19)20/h8,11-13,18H,4-7,9-10H2,1-3H3,(H,19,20). The van der Waals surface area contributed by atoms with Gasteiger partial charge in [-0.2, -0.15) is 0 Å². The van der Waals surface area contributed by atoms with E-state index < -0.39 is 5.97 Å². The third kappa shape index (κ3) is 5.62. The number of unbranched alkanes of at least 4 members (excludes halogenated alkanes) is 1. The molecule has 0 aliphatic rings. The highest BCUT2D eigenvalue weighted by Gasteiger charge is 2.17. The first-order valence-corrected chi connectivity index (χ1v) is 8.88. The molecular formula is C17H27NO2S. The number of nitrogens with one attached hydrogen (secondary N) is 1. The van der Waals surface area contributed by atoms with Gasteiger partial charge in [0.1, 0.15) is 0 Å². The van der Waals surface area contributed by atoms with Gasteiger partial charge in [0.25, 0.3) is 0 Å². The maximum Gasteiger partial charge on any atom is 0.338 e. The Balaban J connectivity index is 2.98. The molecule has 0 fully saturated rings. The van der Waals surface area contributed by atoms with Crippen molar-refractivity contribution >= 4 is 23.4 Å². The molecule has 0 aliphatic carbocycles. The van der Waals surface area contributed by atoms with Crippen molar-refractivity contribution in [2.75, 3.05) is 11.1 Å². The van der Waals surface area contributed by atoms with Crippen LogP contribution in [0.3, 0.4) is 0 Å². The molecule has 0 aromatic heterocycles. The summed E-state index contributed by atoms with van der Waals surface area (Å²) in [5.41, 5.74) is 1.18. The van der Waals surface area contributed by atoms with Crippen LogP contribution in [0.2, 0.25) is 0 Å². The van der Waals surface area contributed by atoms with E-state index in [0.29, 0.717) is 11.6 Å². The summed E-state index contributed by atoms with van der Waals surface area (Å²) in [7, 11) is 0. The summed E-state index contributed by atoms with van der Waals surface area (Å²) in [5, 5.41) is 13.0. The molecule has 0 amide bonds. The molecule has 0 bridgehead atoms. The van der Waals surface area contributed by atoms with Crippen molar-refractivity contribution in [3.05, 3.63) is 23.8 Å². The molecule has 1 atom stereocenters. The summed E-state index contributed by atoms with van der Waals surface area (Å²) in [4.78, 5) is 12.5. The zero-order chi connectivity index (χ0) is 15.7. The van der Waals surface area contributed by atoms with Gasteiger partial charge in [0, 0.05) is 10.9 Å². The fourth-order valence-electron chi connectivity index (χ4n) is 2.46. The highest BCUT2D eigenvalue weighted by molar-refractivity contribution is 7.99. The quantitative estimate of drug-likeness (QED) is 0.578. The SMILES string of the molecule is CCCCC(CCC)Nc1cccc(SCC)c1C(=O)O. The molecule has 0 saturated heterocycles. The maximum atomic E-state index is 11.6. The molecule has 1 aromatic rings. The number of benzene rings is 1. The van der Waals surface area contributed by atoms with Crippen LogP contribution in [0.25, 0.3) is 0 Å². The molecule has 0 aliphatic heterocycles. The zero-order valence-electron chi connectivity index (χ0n) is 13.3. The third-order valence-corrected chi connectivity index (χ3v) is 4.38. The summed E-state index contributed by atoms with van der Waals surface area (Å²) < 4.78 is 0. The first kappa shape index (κ1) is 17.9. The summed E-state index contributed by atoms with van der Waals surface area (Å²) in [5.74, 6) is 0.0256. The molecule has 0 radical (unpaired) electrons. The number of carboxylic acids is 1. The lowest BCUT2D eigenvalue weighted by molar-refractivity contribution is 0.0694. The molecule has 1 aromatic carbocycles.